The molecule has 0 atom stereocenters. The molecule has 2 heterocycles. The molecular weight excluding hydrogens is 387 g/mol. The Balaban J connectivity index is 1.40. The maximum atomic E-state index is 13.3. The lowest BCUT2D eigenvalue weighted by atomic mass is 10.0. The SMILES string of the molecule is Cc1cc(-c2ccccc2)nc(SCCCC2(c3ccc(F)cc3)OCCO2)n1. The smallest absolute Gasteiger partial charge is 0.195 e. The van der Waals surface area contributed by atoms with Crippen LogP contribution in [0.5, 0.6) is 0 Å². The Bertz CT molecular complexity index is 945. The van der Waals surface area contributed by atoms with Crippen molar-refractivity contribution in [1.29, 1.82) is 0 Å². The highest BCUT2D eigenvalue weighted by molar-refractivity contribution is 7.99. The van der Waals surface area contributed by atoms with Crippen LogP contribution in [0.4, 0.5) is 4.39 Å². The Morgan fingerprint density at radius 2 is 1.72 bits per heavy atom. The second-order valence-electron chi connectivity index (χ2n) is 6.95. The summed E-state index contributed by atoms with van der Waals surface area (Å²) in [5, 5.41) is 0.771. The third-order valence-electron chi connectivity index (χ3n) is 4.82. The van der Waals surface area contributed by atoms with Gasteiger partial charge < -0.3 is 9.47 Å². The molecule has 1 fully saturated rings. The molecule has 1 aromatic heterocycles. The van der Waals surface area contributed by atoms with Gasteiger partial charge in [0.25, 0.3) is 0 Å². The molecule has 4 nitrogen and oxygen atoms in total. The highest BCUT2D eigenvalue weighted by Gasteiger charge is 2.37. The summed E-state index contributed by atoms with van der Waals surface area (Å²) in [7, 11) is 0. The highest BCUT2D eigenvalue weighted by atomic mass is 32.2. The minimum absolute atomic E-state index is 0.261. The molecule has 0 spiro atoms. The fourth-order valence-corrected chi connectivity index (χ4v) is 4.29. The number of halogens is 1. The third-order valence-corrected chi connectivity index (χ3v) is 5.76. The molecule has 3 aromatic rings. The van der Waals surface area contributed by atoms with E-state index in [2.05, 4.69) is 17.1 Å². The van der Waals surface area contributed by atoms with E-state index in [1.54, 1.807) is 23.9 Å². The average molecular weight is 411 g/mol. The van der Waals surface area contributed by atoms with Gasteiger partial charge in [0.2, 0.25) is 0 Å². The Hall–Kier alpha value is -2.28. The molecular formula is C23H23FN2O2S. The van der Waals surface area contributed by atoms with Gasteiger partial charge in [-0.05, 0) is 31.5 Å². The second-order valence-corrected chi connectivity index (χ2v) is 8.01. The third kappa shape index (κ3) is 4.83. The zero-order valence-electron chi connectivity index (χ0n) is 16.3. The number of ether oxygens (including phenoxy) is 2. The number of aromatic nitrogens is 2. The maximum absolute atomic E-state index is 13.3. The number of nitrogens with zero attached hydrogens (tertiary/aromatic N) is 2. The van der Waals surface area contributed by atoms with E-state index in [-0.39, 0.29) is 5.82 Å². The van der Waals surface area contributed by atoms with Crippen LogP contribution in [0.1, 0.15) is 24.1 Å². The lowest BCUT2D eigenvalue weighted by Crippen LogP contribution is -2.27. The predicted octanol–water partition coefficient (Wildman–Crippen LogP) is 5.36. The van der Waals surface area contributed by atoms with Gasteiger partial charge in [0.15, 0.2) is 10.9 Å². The summed E-state index contributed by atoms with van der Waals surface area (Å²) in [5.74, 6) is -0.201. The molecule has 1 aliphatic heterocycles. The number of hydrogen-bond acceptors (Lipinski definition) is 5. The van der Waals surface area contributed by atoms with Crippen LogP contribution in [0.15, 0.2) is 65.8 Å². The zero-order valence-corrected chi connectivity index (χ0v) is 17.1. The van der Waals surface area contributed by atoms with E-state index in [1.807, 2.05) is 31.2 Å². The Labute approximate surface area is 174 Å². The molecule has 0 saturated carbocycles. The summed E-state index contributed by atoms with van der Waals surface area (Å²) in [6, 6.07) is 18.5. The quantitative estimate of drug-likeness (QED) is 0.298. The number of rotatable bonds is 7. The van der Waals surface area contributed by atoms with Crippen molar-refractivity contribution in [1.82, 2.24) is 9.97 Å². The molecule has 0 radical (unpaired) electrons. The summed E-state index contributed by atoms with van der Waals surface area (Å²) >= 11 is 1.63. The van der Waals surface area contributed by atoms with Gasteiger partial charge in [0, 0.05) is 29.0 Å². The van der Waals surface area contributed by atoms with E-state index < -0.39 is 5.79 Å². The Morgan fingerprint density at radius 3 is 2.45 bits per heavy atom. The van der Waals surface area contributed by atoms with E-state index in [0.717, 1.165) is 39.8 Å². The molecule has 0 unspecified atom stereocenters. The van der Waals surface area contributed by atoms with Gasteiger partial charge in [-0.15, -0.1) is 0 Å². The maximum Gasteiger partial charge on any atom is 0.195 e. The lowest BCUT2D eigenvalue weighted by molar-refractivity contribution is -0.170. The van der Waals surface area contributed by atoms with Crippen molar-refractivity contribution in [3.05, 3.63) is 77.7 Å². The van der Waals surface area contributed by atoms with Crippen LogP contribution in [0.2, 0.25) is 0 Å². The molecule has 2 aromatic carbocycles. The summed E-state index contributed by atoms with van der Waals surface area (Å²) in [6.07, 6.45) is 1.56. The first-order valence-corrected chi connectivity index (χ1v) is 10.7. The molecule has 4 rings (SSSR count). The van der Waals surface area contributed by atoms with Gasteiger partial charge in [0.05, 0.1) is 18.9 Å². The van der Waals surface area contributed by atoms with Crippen LogP contribution in [-0.4, -0.2) is 28.9 Å². The van der Waals surface area contributed by atoms with E-state index >= 15 is 0 Å². The van der Waals surface area contributed by atoms with E-state index in [1.165, 1.54) is 12.1 Å². The summed E-state index contributed by atoms with van der Waals surface area (Å²) in [4.78, 5) is 9.27. The van der Waals surface area contributed by atoms with E-state index in [0.29, 0.717) is 19.6 Å². The van der Waals surface area contributed by atoms with Crippen molar-refractivity contribution in [2.75, 3.05) is 19.0 Å². The molecule has 1 saturated heterocycles. The fraction of sp³-hybridized carbons (Fsp3) is 0.304. The number of hydrogen-bond donors (Lipinski definition) is 0. The standard InChI is InChI=1S/C23H23FN2O2S/c1-17-16-21(18-6-3-2-4-7-18)26-22(25-17)29-15-5-12-23(27-13-14-28-23)19-8-10-20(24)11-9-19/h2-4,6-11,16H,5,12-15H2,1H3. The Kier molecular flexibility index (Phi) is 6.23. The number of aryl methyl sites for hydroxylation is 1. The molecule has 0 bridgehead atoms. The molecule has 1 aliphatic rings. The predicted molar refractivity (Wildman–Crippen MR) is 112 cm³/mol. The van der Waals surface area contributed by atoms with Gasteiger partial charge in [-0.3, -0.25) is 0 Å². The monoisotopic (exact) mass is 410 g/mol. The van der Waals surface area contributed by atoms with Gasteiger partial charge >= 0.3 is 0 Å². The average Bonchev–Trinajstić information content (AvgIpc) is 3.22. The zero-order chi connectivity index (χ0) is 20.1. The van der Waals surface area contributed by atoms with Crippen molar-refractivity contribution in [2.45, 2.75) is 30.7 Å². The summed E-state index contributed by atoms with van der Waals surface area (Å²) < 4.78 is 25.1. The molecule has 0 amide bonds. The minimum atomic E-state index is -0.781. The molecule has 0 N–H and O–H groups in total. The van der Waals surface area contributed by atoms with Crippen molar-refractivity contribution < 1.29 is 13.9 Å². The largest absolute Gasteiger partial charge is 0.343 e. The van der Waals surface area contributed by atoms with Crippen LogP contribution in [0, 0.1) is 12.7 Å². The topological polar surface area (TPSA) is 44.2 Å². The summed E-state index contributed by atoms with van der Waals surface area (Å²) in [5.41, 5.74) is 3.83. The first kappa shape index (κ1) is 20.0. The molecule has 0 aliphatic carbocycles. The first-order valence-electron chi connectivity index (χ1n) is 9.72. The van der Waals surface area contributed by atoms with Crippen molar-refractivity contribution in [3.8, 4) is 11.3 Å². The van der Waals surface area contributed by atoms with E-state index in [9.17, 15) is 4.39 Å². The molecule has 6 heteroatoms. The van der Waals surface area contributed by atoms with Gasteiger partial charge in [-0.1, -0.05) is 54.2 Å². The fourth-order valence-electron chi connectivity index (χ4n) is 3.44. The van der Waals surface area contributed by atoms with Gasteiger partial charge in [-0.25, -0.2) is 14.4 Å². The molecule has 150 valence electrons. The van der Waals surface area contributed by atoms with Crippen molar-refractivity contribution in [3.63, 3.8) is 0 Å². The first-order chi connectivity index (χ1) is 14.1. The van der Waals surface area contributed by atoms with Crippen LogP contribution < -0.4 is 0 Å². The number of benzene rings is 2. The lowest BCUT2D eigenvalue weighted by Gasteiger charge is -2.27. The minimum Gasteiger partial charge on any atom is -0.343 e. The van der Waals surface area contributed by atoms with Crippen LogP contribution in [0.3, 0.4) is 0 Å². The van der Waals surface area contributed by atoms with E-state index in [4.69, 9.17) is 14.5 Å². The van der Waals surface area contributed by atoms with Crippen LogP contribution in [0.25, 0.3) is 11.3 Å². The molecule has 29 heavy (non-hydrogen) atoms. The number of thioether (sulfide) groups is 1. The summed E-state index contributed by atoms with van der Waals surface area (Å²) in [6.45, 7) is 3.08. The van der Waals surface area contributed by atoms with Crippen LogP contribution in [-0.2, 0) is 15.3 Å². The van der Waals surface area contributed by atoms with Gasteiger partial charge in [-0.2, -0.15) is 0 Å². The van der Waals surface area contributed by atoms with Crippen molar-refractivity contribution in [2.24, 2.45) is 0 Å². The Morgan fingerprint density at radius 1 is 1.00 bits per heavy atom. The van der Waals surface area contributed by atoms with Crippen LogP contribution >= 0.6 is 11.8 Å². The van der Waals surface area contributed by atoms with Gasteiger partial charge in [0.1, 0.15) is 5.82 Å². The highest BCUT2D eigenvalue weighted by Crippen LogP contribution is 2.36. The normalized spacial score (nSPS) is 15.5. The second kappa shape index (κ2) is 9.03. The van der Waals surface area contributed by atoms with Crippen molar-refractivity contribution >= 4 is 11.8 Å².